The number of amides is 1. The molecule has 0 radical (unpaired) electrons. The van der Waals surface area contributed by atoms with Crippen LogP contribution in [0.3, 0.4) is 0 Å². The van der Waals surface area contributed by atoms with Crippen LogP contribution >= 0.6 is 11.6 Å². The number of rotatable bonds is 7. The van der Waals surface area contributed by atoms with Gasteiger partial charge in [-0.2, -0.15) is 4.31 Å². The highest BCUT2D eigenvalue weighted by Crippen LogP contribution is 2.20. The van der Waals surface area contributed by atoms with E-state index in [0.29, 0.717) is 10.7 Å². The Kier molecular flexibility index (Phi) is 6.52. The fourth-order valence-corrected chi connectivity index (χ4v) is 3.20. The summed E-state index contributed by atoms with van der Waals surface area (Å²) in [5.74, 6) is -0.273. The van der Waals surface area contributed by atoms with Crippen molar-refractivity contribution in [3.8, 4) is 0 Å². The highest BCUT2D eigenvalue weighted by atomic mass is 35.5. The number of pyridine rings is 1. The van der Waals surface area contributed by atoms with E-state index in [0.717, 1.165) is 17.4 Å². The van der Waals surface area contributed by atoms with Crippen LogP contribution in [0.5, 0.6) is 0 Å². The van der Waals surface area contributed by atoms with Crippen LogP contribution in [0.2, 0.25) is 5.02 Å². The number of nitrogens with one attached hydrogen (secondary N) is 1. The van der Waals surface area contributed by atoms with Crippen LogP contribution in [0, 0.1) is 6.92 Å². The molecule has 2 rings (SSSR count). The number of aryl methyl sites for hydroxylation is 1. The molecule has 134 valence electrons. The molecular weight excluding hydrogens is 362 g/mol. The van der Waals surface area contributed by atoms with E-state index in [9.17, 15) is 13.2 Å². The SMILES string of the molecule is Cc1ccc(Cl)cc1NC(=O)CCN(Cc1cccnc1)S(C)(=O)=O. The smallest absolute Gasteiger partial charge is 0.225 e. The van der Waals surface area contributed by atoms with Crippen LogP contribution in [-0.2, 0) is 21.4 Å². The van der Waals surface area contributed by atoms with Crippen molar-refractivity contribution in [2.45, 2.75) is 19.9 Å². The molecule has 0 saturated heterocycles. The Labute approximate surface area is 152 Å². The molecular formula is C17H20ClN3O3S. The Balaban J connectivity index is 2.00. The lowest BCUT2D eigenvalue weighted by Gasteiger charge is -2.19. The summed E-state index contributed by atoms with van der Waals surface area (Å²) in [4.78, 5) is 16.1. The van der Waals surface area contributed by atoms with Gasteiger partial charge >= 0.3 is 0 Å². The number of halogens is 1. The van der Waals surface area contributed by atoms with Gasteiger partial charge in [-0.05, 0) is 36.2 Å². The van der Waals surface area contributed by atoms with E-state index < -0.39 is 10.0 Å². The van der Waals surface area contributed by atoms with Crippen LogP contribution < -0.4 is 5.32 Å². The summed E-state index contributed by atoms with van der Waals surface area (Å²) in [5.41, 5.74) is 2.27. The normalized spacial score (nSPS) is 11.5. The maximum Gasteiger partial charge on any atom is 0.225 e. The molecule has 0 unspecified atom stereocenters. The second kappa shape index (κ2) is 8.42. The van der Waals surface area contributed by atoms with Gasteiger partial charge in [-0.25, -0.2) is 8.42 Å². The lowest BCUT2D eigenvalue weighted by molar-refractivity contribution is -0.116. The zero-order valence-electron chi connectivity index (χ0n) is 14.1. The minimum absolute atomic E-state index is 0.0410. The van der Waals surface area contributed by atoms with Crippen LogP contribution in [0.1, 0.15) is 17.5 Å². The van der Waals surface area contributed by atoms with Gasteiger partial charge in [-0.3, -0.25) is 9.78 Å². The zero-order valence-corrected chi connectivity index (χ0v) is 15.6. The quantitative estimate of drug-likeness (QED) is 0.799. The number of sulfonamides is 1. The van der Waals surface area contributed by atoms with Gasteiger partial charge in [0.25, 0.3) is 0 Å². The van der Waals surface area contributed by atoms with Gasteiger partial charge in [0.2, 0.25) is 15.9 Å². The Morgan fingerprint density at radius 1 is 1.32 bits per heavy atom. The Bertz CT molecular complexity index is 841. The topological polar surface area (TPSA) is 79.4 Å². The standard InChI is InChI=1S/C17H20ClN3O3S/c1-13-5-6-15(18)10-16(13)20-17(22)7-9-21(25(2,23)24)12-14-4-3-8-19-11-14/h3-6,8,10-11H,7,9,12H2,1-2H3,(H,20,22). The second-order valence-corrected chi connectivity index (χ2v) is 8.13. The Hall–Kier alpha value is -1.96. The third-order valence-corrected chi connectivity index (χ3v) is 5.10. The van der Waals surface area contributed by atoms with Gasteiger partial charge < -0.3 is 5.32 Å². The largest absolute Gasteiger partial charge is 0.326 e. The summed E-state index contributed by atoms with van der Waals surface area (Å²) in [6.07, 6.45) is 4.39. The first-order chi connectivity index (χ1) is 11.8. The molecule has 0 aliphatic carbocycles. The van der Waals surface area contributed by atoms with Crippen LogP contribution in [0.4, 0.5) is 5.69 Å². The van der Waals surface area contributed by atoms with Crippen molar-refractivity contribution in [3.63, 3.8) is 0 Å². The first kappa shape index (κ1) is 19.4. The van der Waals surface area contributed by atoms with Gasteiger partial charge in [0.15, 0.2) is 0 Å². The van der Waals surface area contributed by atoms with Crippen molar-refractivity contribution >= 4 is 33.2 Å². The fourth-order valence-electron chi connectivity index (χ4n) is 2.23. The van der Waals surface area contributed by atoms with Crippen molar-refractivity contribution < 1.29 is 13.2 Å². The molecule has 25 heavy (non-hydrogen) atoms. The van der Waals surface area contributed by atoms with Gasteiger partial charge in [0.1, 0.15) is 0 Å². The summed E-state index contributed by atoms with van der Waals surface area (Å²) in [5, 5.41) is 3.29. The molecule has 0 aliphatic rings. The molecule has 0 aliphatic heterocycles. The zero-order chi connectivity index (χ0) is 18.4. The summed E-state index contributed by atoms with van der Waals surface area (Å²) >= 11 is 5.93. The third kappa shape index (κ3) is 6.12. The van der Waals surface area contributed by atoms with Crippen LogP contribution in [0.25, 0.3) is 0 Å². The third-order valence-electron chi connectivity index (χ3n) is 3.61. The number of aromatic nitrogens is 1. The minimum atomic E-state index is -3.44. The van der Waals surface area contributed by atoms with E-state index in [1.165, 1.54) is 4.31 Å². The monoisotopic (exact) mass is 381 g/mol. The van der Waals surface area contributed by atoms with E-state index in [1.807, 2.05) is 13.0 Å². The lowest BCUT2D eigenvalue weighted by Crippen LogP contribution is -2.32. The van der Waals surface area contributed by atoms with Crippen molar-refractivity contribution in [3.05, 3.63) is 58.9 Å². The minimum Gasteiger partial charge on any atom is -0.326 e. The first-order valence-electron chi connectivity index (χ1n) is 7.66. The van der Waals surface area contributed by atoms with E-state index in [1.54, 1.807) is 36.7 Å². The molecule has 1 N–H and O–H groups in total. The number of carbonyl (C=O) groups is 1. The molecule has 0 fully saturated rings. The molecule has 6 nitrogen and oxygen atoms in total. The Morgan fingerprint density at radius 2 is 2.08 bits per heavy atom. The number of hydrogen-bond acceptors (Lipinski definition) is 4. The first-order valence-corrected chi connectivity index (χ1v) is 9.88. The van der Waals surface area contributed by atoms with Gasteiger partial charge in [0, 0.05) is 42.6 Å². The summed E-state index contributed by atoms with van der Waals surface area (Å²) in [6.45, 7) is 2.12. The number of benzene rings is 1. The number of anilines is 1. The van der Waals surface area contributed by atoms with Crippen molar-refractivity contribution in [1.29, 1.82) is 0 Å². The van der Waals surface area contributed by atoms with Gasteiger partial charge in [0.05, 0.1) is 6.26 Å². The molecule has 8 heteroatoms. The summed E-state index contributed by atoms with van der Waals surface area (Å²) < 4.78 is 25.2. The maximum absolute atomic E-state index is 12.2. The van der Waals surface area contributed by atoms with E-state index in [-0.39, 0.29) is 25.4 Å². The summed E-state index contributed by atoms with van der Waals surface area (Å²) in [6, 6.07) is 8.75. The highest BCUT2D eigenvalue weighted by molar-refractivity contribution is 7.88. The predicted octanol–water partition coefficient (Wildman–Crippen LogP) is 2.83. The highest BCUT2D eigenvalue weighted by Gasteiger charge is 2.18. The number of hydrogen-bond donors (Lipinski definition) is 1. The molecule has 0 atom stereocenters. The van der Waals surface area contributed by atoms with E-state index in [2.05, 4.69) is 10.3 Å². The average Bonchev–Trinajstić information content (AvgIpc) is 2.55. The number of nitrogens with zero attached hydrogens (tertiary/aromatic N) is 2. The second-order valence-electron chi connectivity index (χ2n) is 5.72. The summed E-state index contributed by atoms with van der Waals surface area (Å²) in [7, 11) is -3.44. The van der Waals surface area contributed by atoms with E-state index >= 15 is 0 Å². The van der Waals surface area contributed by atoms with Gasteiger partial charge in [-0.1, -0.05) is 23.7 Å². The van der Waals surface area contributed by atoms with Crippen LogP contribution in [-0.4, -0.2) is 36.4 Å². The molecule has 1 aromatic heterocycles. The van der Waals surface area contributed by atoms with Crippen molar-refractivity contribution in [2.24, 2.45) is 0 Å². The molecule has 2 aromatic rings. The maximum atomic E-state index is 12.2. The predicted molar refractivity (Wildman–Crippen MR) is 98.9 cm³/mol. The molecule has 0 spiro atoms. The molecule has 1 amide bonds. The number of carbonyl (C=O) groups excluding carboxylic acids is 1. The molecule has 1 aromatic carbocycles. The van der Waals surface area contributed by atoms with Gasteiger partial charge in [-0.15, -0.1) is 0 Å². The average molecular weight is 382 g/mol. The van der Waals surface area contributed by atoms with Crippen molar-refractivity contribution in [2.75, 3.05) is 18.1 Å². The molecule has 0 saturated carbocycles. The molecule has 1 heterocycles. The lowest BCUT2D eigenvalue weighted by atomic mass is 10.2. The Morgan fingerprint density at radius 3 is 2.72 bits per heavy atom. The molecule has 0 bridgehead atoms. The van der Waals surface area contributed by atoms with Crippen LogP contribution in [0.15, 0.2) is 42.7 Å². The fraction of sp³-hybridized carbons (Fsp3) is 0.294. The van der Waals surface area contributed by atoms with Crippen molar-refractivity contribution in [1.82, 2.24) is 9.29 Å². The van der Waals surface area contributed by atoms with E-state index in [4.69, 9.17) is 11.6 Å².